The molecule has 122 valence electrons. The van der Waals surface area contributed by atoms with Crippen molar-refractivity contribution in [1.29, 1.82) is 0 Å². The number of Topliss-reactive ketones (excluding diaryl/α,β-unsaturated/α-hetero) is 1. The standard InChI is InChI=1S/C15H13F3N2O3/c1-9(10(2)21)12(11-6-4-3-5-7-11)13(20-19)14(22)23-8-15(16,17)18/h3-7,12H,1,8H2,2H3/t12-/m1/s1. The van der Waals surface area contributed by atoms with Gasteiger partial charge in [0.25, 0.3) is 0 Å². The van der Waals surface area contributed by atoms with E-state index in [2.05, 4.69) is 16.1 Å². The van der Waals surface area contributed by atoms with E-state index in [0.29, 0.717) is 5.56 Å². The van der Waals surface area contributed by atoms with Crippen LogP contribution in [-0.2, 0) is 14.3 Å². The van der Waals surface area contributed by atoms with Gasteiger partial charge in [-0.1, -0.05) is 36.9 Å². The monoisotopic (exact) mass is 326 g/mol. The highest BCUT2D eigenvalue weighted by atomic mass is 19.4. The third-order valence-electron chi connectivity index (χ3n) is 2.89. The molecule has 0 spiro atoms. The van der Waals surface area contributed by atoms with Gasteiger partial charge in [-0.15, -0.1) is 0 Å². The van der Waals surface area contributed by atoms with E-state index >= 15 is 0 Å². The summed E-state index contributed by atoms with van der Waals surface area (Å²) < 4.78 is 40.5. The van der Waals surface area contributed by atoms with Gasteiger partial charge in [0.15, 0.2) is 12.4 Å². The number of allylic oxidation sites excluding steroid dienone is 1. The maximum atomic E-state index is 12.1. The number of ether oxygens (including phenoxy) is 1. The highest BCUT2D eigenvalue weighted by Crippen LogP contribution is 2.26. The summed E-state index contributed by atoms with van der Waals surface area (Å²) >= 11 is 0. The van der Waals surface area contributed by atoms with Crippen molar-refractivity contribution in [3.63, 3.8) is 0 Å². The fourth-order valence-electron chi connectivity index (χ4n) is 1.81. The van der Waals surface area contributed by atoms with Crippen LogP contribution in [0.15, 0.2) is 42.5 Å². The third kappa shape index (κ3) is 5.19. The Morgan fingerprint density at radius 1 is 1.30 bits per heavy atom. The quantitative estimate of drug-likeness (QED) is 0.265. The maximum absolute atomic E-state index is 12.1. The number of benzene rings is 1. The first-order valence-corrected chi connectivity index (χ1v) is 6.38. The molecule has 0 fully saturated rings. The van der Waals surface area contributed by atoms with E-state index in [1.54, 1.807) is 18.2 Å². The number of nitrogens with zero attached hydrogens (tertiary/aromatic N) is 2. The molecule has 8 heteroatoms. The number of hydrogen-bond donors (Lipinski definition) is 0. The molecule has 0 N–H and O–H groups in total. The third-order valence-corrected chi connectivity index (χ3v) is 2.89. The van der Waals surface area contributed by atoms with Crippen molar-refractivity contribution in [1.82, 2.24) is 0 Å². The molecule has 0 saturated carbocycles. The molecule has 0 radical (unpaired) electrons. The number of carbonyl (C=O) groups is 2. The lowest BCUT2D eigenvalue weighted by Gasteiger charge is -2.14. The zero-order chi connectivity index (χ0) is 17.6. The fraction of sp³-hybridized carbons (Fsp3) is 0.267. The first-order valence-electron chi connectivity index (χ1n) is 6.38. The van der Waals surface area contributed by atoms with Gasteiger partial charge < -0.3 is 10.3 Å². The van der Waals surface area contributed by atoms with Crippen molar-refractivity contribution >= 4 is 17.5 Å². The van der Waals surface area contributed by atoms with E-state index in [0.717, 1.165) is 0 Å². The Hall–Kier alpha value is -2.73. The van der Waals surface area contributed by atoms with Crippen LogP contribution in [0.3, 0.4) is 0 Å². The number of alkyl halides is 3. The number of hydrogen-bond acceptors (Lipinski definition) is 3. The lowest BCUT2D eigenvalue weighted by atomic mass is 9.86. The van der Waals surface area contributed by atoms with E-state index in [1.165, 1.54) is 19.1 Å². The minimum absolute atomic E-state index is 0.118. The summed E-state index contributed by atoms with van der Waals surface area (Å²) in [4.78, 5) is 26.1. The Morgan fingerprint density at radius 2 is 1.87 bits per heavy atom. The predicted octanol–water partition coefficient (Wildman–Crippen LogP) is 2.69. The van der Waals surface area contributed by atoms with Gasteiger partial charge in [0.05, 0.1) is 0 Å². The van der Waals surface area contributed by atoms with Gasteiger partial charge in [-0.3, -0.25) is 4.79 Å². The predicted molar refractivity (Wildman–Crippen MR) is 74.6 cm³/mol. The largest absolute Gasteiger partial charge is 0.447 e. The average Bonchev–Trinajstić information content (AvgIpc) is 2.49. The Morgan fingerprint density at radius 3 is 2.30 bits per heavy atom. The van der Waals surface area contributed by atoms with Gasteiger partial charge in [-0.25, -0.2) is 4.79 Å². The lowest BCUT2D eigenvalue weighted by molar-refractivity contribution is -0.183. The molecule has 0 bridgehead atoms. The molecule has 0 heterocycles. The molecule has 0 aliphatic rings. The van der Waals surface area contributed by atoms with Crippen LogP contribution in [0.5, 0.6) is 0 Å². The van der Waals surface area contributed by atoms with E-state index in [1.807, 2.05) is 0 Å². The lowest BCUT2D eigenvalue weighted by Crippen LogP contribution is -2.31. The summed E-state index contributed by atoms with van der Waals surface area (Å²) in [6.07, 6.45) is -4.73. The molecule has 1 rings (SSSR count). The average molecular weight is 326 g/mol. The highest BCUT2D eigenvalue weighted by molar-refractivity contribution is 6.37. The summed E-state index contributed by atoms with van der Waals surface area (Å²) in [5.74, 6) is -3.20. The fourth-order valence-corrected chi connectivity index (χ4v) is 1.81. The van der Waals surface area contributed by atoms with Gasteiger partial charge in [-0.05, 0) is 12.5 Å². The molecular weight excluding hydrogens is 313 g/mol. The number of halogens is 3. The zero-order valence-electron chi connectivity index (χ0n) is 12.1. The molecule has 0 amide bonds. The summed E-state index contributed by atoms with van der Waals surface area (Å²) in [5.41, 5.74) is 8.53. The topological polar surface area (TPSA) is 79.8 Å². The van der Waals surface area contributed by atoms with Crippen LogP contribution >= 0.6 is 0 Å². The summed E-state index contributed by atoms with van der Waals surface area (Å²) in [6, 6.07) is 7.87. The second-order valence-electron chi connectivity index (χ2n) is 4.60. The summed E-state index contributed by atoms with van der Waals surface area (Å²) in [5, 5.41) is 0. The zero-order valence-corrected chi connectivity index (χ0v) is 12.1. The van der Waals surface area contributed by atoms with Crippen molar-refractivity contribution < 1.29 is 32.3 Å². The van der Waals surface area contributed by atoms with Crippen LogP contribution in [0, 0.1) is 0 Å². The van der Waals surface area contributed by atoms with Gasteiger partial charge in [0, 0.05) is 5.57 Å². The van der Waals surface area contributed by atoms with Crippen LogP contribution in [-0.4, -0.2) is 35.0 Å². The Kier molecular flexibility index (Phi) is 5.98. The Bertz CT molecular complexity index is 662. The number of carbonyl (C=O) groups excluding carboxylic acids is 2. The van der Waals surface area contributed by atoms with Crippen LogP contribution in [0.25, 0.3) is 5.53 Å². The molecule has 0 aliphatic heterocycles. The molecule has 0 saturated heterocycles. The smallest absolute Gasteiger partial charge is 0.422 e. The van der Waals surface area contributed by atoms with Crippen molar-refractivity contribution in [2.24, 2.45) is 0 Å². The van der Waals surface area contributed by atoms with E-state index < -0.39 is 36.2 Å². The van der Waals surface area contributed by atoms with Crippen molar-refractivity contribution in [3.8, 4) is 0 Å². The van der Waals surface area contributed by atoms with E-state index in [4.69, 9.17) is 5.53 Å². The number of rotatable bonds is 6. The normalized spacial score (nSPS) is 12.0. The van der Waals surface area contributed by atoms with Crippen LogP contribution in [0.2, 0.25) is 0 Å². The summed E-state index contributed by atoms with van der Waals surface area (Å²) in [7, 11) is 0. The second-order valence-corrected chi connectivity index (χ2v) is 4.60. The van der Waals surface area contributed by atoms with Gasteiger partial charge in [0.1, 0.15) is 5.92 Å². The van der Waals surface area contributed by atoms with Gasteiger partial charge in [-0.2, -0.15) is 18.0 Å². The van der Waals surface area contributed by atoms with Crippen LogP contribution < -0.4 is 0 Å². The van der Waals surface area contributed by atoms with Crippen LogP contribution in [0.4, 0.5) is 13.2 Å². The first-order chi connectivity index (χ1) is 10.7. The highest BCUT2D eigenvalue weighted by Gasteiger charge is 2.39. The maximum Gasteiger partial charge on any atom is 0.422 e. The molecule has 5 nitrogen and oxygen atoms in total. The molecule has 0 aromatic heterocycles. The minimum atomic E-state index is -4.73. The number of esters is 1. The van der Waals surface area contributed by atoms with Crippen molar-refractivity contribution in [2.45, 2.75) is 19.0 Å². The second kappa shape index (κ2) is 7.51. The molecule has 1 aromatic rings. The molecule has 0 unspecified atom stereocenters. The van der Waals surface area contributed by atoms with Crippen LogP contribution in [0.1, 0.15) is 18.4 Å². The molecular formula is C15H13F3N2O3. The first kappa shape index (κ1) is 18.3. The Balaban J connectivity index is 3.19. The number of ketones is 1. The van der Waals surface area contributed by atoms with E-state index in [9.17, 15) is 22.8 Å². The van der Waals surface area contributed by atoms with E-state index in [-0.39, 0.29) is 5.57 Å². The van der Waals surface area contributed by atoms with Gasteiger partial charge >= 0.3 is 17.9 Å². The summed E-state index contributed by atoms with van der Waals surface area (Å²) in [6.45, 7) is 2.86. The molecule has 1 aromatic carbocycles. The molecule has 0 aliphatic carbocycles. The van der Waals surface area contributed by atoms with Crippen molar-refractivity contribution in [3.05, 3.63) is 53.6 Å². The van der Waals surface area contributed by atoms with Gasteiger partial charge in [0.2, 0.25) is 0 Å². The Labute approximate surface area is 130 Å². The molecule has 23 heavy (non-hydrogen) atoms. The SMILES string of the molecule is C=C(C(C)=O)[C@@H](C(=[N+]=[N-])C(=O)OCC(F)(F)F)c1ccccc1. The minimum Gasteiger partial charge on any atom is -0.447 e. The van der Waals surface area contributed by atoms with Crippen molar-refractivity contribution in [2.75, 3.05) is 6.61 Å². The molecule has 1 atom stereocenters.